The molecule has 1 saturated heterocycles. The zero-order valence-corrected chi connectivity index (χ0v) is 11.8. The summed E-state index contributed by atoms with van der Waals surface area (Å²) in [5.41, 5.74) is 1.73. The monoisotopic (exact) mass is 269 g/mol. The minimum Gasteiger partial charge on any atom is -0.316 e. The van der Waals surface area contributed by atoms with E-state index in [2.05, 4.69) is 10.4 Å². The maximum atomic E-state index is 12.2. The van der Waals surface area contributed by atoms with Crippen LogP contribution in [-0.4, -0.2) is 28.7 Å². The molecule has 0 saturated carbocycles. The van der Waals surface area contributed by atoms with Gasteiger partial charge < -0.3 is 5.32 Å². The number of nitrogens with zero attached hydrogens (tertiary/aromatic N) is 2. The predicted molar refractivity (Wildman–Crippen MR) is 71.9 cm³/mol. The Hall–Kier alpha value is -0.870. The van der Waals surface area contributed by atoms with Crippen LogP contribution in [0.25, 0.3) is 0 Å². The lowest BCUT2D eigenvalue weighted by molar-refractivity contribution is -0.122. The van der Waals surface area contributed by atoms with E-state index in [1.165, 1.54) is 0 Å². The molecule has 1 atom stereocenters. The molecule has 1 aliphatic rings. The number of rotatable bonds is 4. The van der Waals surface area contributed by atoms with Crippen molar-refractivity contribution in [2.45, 2.75) is 32.6 Å². The van der Waals surface area contributed by atoms with E-state index in [1.54, 1.807) is 4.68 Å². The van der Waals surface area contributed by atoms with Gasteiger partial charge in [0.1, 0.15) is 5.78 Å². The zero-order valence-electron chi connectivity index (χ0n) is 11.0. The van der Waals surface area contributed by atoms with Gasteiger partial charge in [-0.3, -0.25) is 9.48 Å². The van der Waals surface area contributed by atoms with Gasteiger partial charge in [-0.05, 0) is 25.8 Å². The number of aryl methyl sites for hydroxylation is 2. The minimum absolute atomic E-state index is 0.134. The third kappa shape index (κ3) is 2.75. The molecule has 0 radical (unpaired) electrons. The highest BCUT2D eigenvalue weighted by Gasteiger charge is 2.24. The van der Waals surface area contributed by atoms with Crippen LogP contribution in [-0.2, 0) is 24.7 Å². The van der Waals surface area contributed by atoms with Crippen molar-refractivity contribution < 1.29 is 4.79 Å². The smallest absolute Gasteiger partial charge is 0.143 e. The van der Waals surface area contributed by atoms with Gasteiger partial charge in [0.05, 0.1) is 22.8 Å². The van der Waals surface area contributed by atoms with Crippen molar-refractivity contribution in [2.24, 2.45) is 13.0 Å². The minimum atomic E-state index is 0.134. The molecular formula is C13H20ClN3O. The average Bonchev–Trinajstić information content (AvgIpc) is 2.67. The summed E-state index contributed by atoms with van der Waals surface area (Å²) in [6.07, 6.45) is 3.26. The quantitative estimate of drug-likeness (QED) is 0.906. The second kappa shape index (κ2) is 5.85. The standard InChI is InChI=1S/C13H20ClN3O/c1-3-10-13(14)11(17(2)16-10)7-12(18)9-5-4-6-15-8-9/h9,15H,3-8H2,1-2H3. The van der Waals surface area contributed by atoms with E-state index in [0.29, 0.717) is 11.4 Å². The molecule has 1 unspecified atom stereocenters. The van der Waals surface area contributed by atoms with Gasteiger partial charge >= 0.3 is 0 Å². The fourth-order valence-corrected chi connectivity index (χ4v) is 2.81. The molecule has 100 valence electrons. The Balaban J connectivity index is 2.08. The molecule has 18 heavy (non-hydrogen) atoms. The Bertz CT molecular complexity index is 436. The number of carbonyl (C=O) groups is 1. The van der Waals surface area contributed by atoms with E-state index in [-0.39, 0.29) is 11.7 Å². The van der Waals surface area contributed by atoms with Gasteiger partial charge in [0.25, 0.3) is 0 Å². The Labute approximate surface area is 113 Å². The maximum Gasteiger partial charge on any atom is 0.143 e. The Morgan fingerprint density at radius 2 is 2.39 bits per heavy atom. The van der Waals surface area contributed by atoms with Crippen molar-refractivity contribution in [2.75, 3.05) is 13.1 Å². The molecule has 1 aliphatic heterocycles. The van der Waals surface area contributed by atoms with Gasteiger partial charge in [0, 0.05) is 19.5 Å². The Morgan fingerprint density at radius 3 is 2.94 bits per heavy atom. The second-order valence-corrected chi connectivity index (χ2v) is 5.25. The van der Waals surface area contributed by atoms with Crippen molar-refractivity contribution in [1.82, 2.24) is 15.1 Å². The number of ketones is 1. The number of aromatic nitrogens is 2. The molecule has 0 aliphatic carbocycles. The molecule has 0 bridgehead atoms. The summed E-state index contributed by atoms with van der Waals surface area (Å²) in [4.78, 5) is 12.2. The topological polar surface area (TPSA) is 46.9 Å². The molecule has 1 aromatic heterocycles. The normalized spacial score (nSPS) is 20.1. The Kier molecular flexibility index (Phi) is 4.40. The molecule has 0 amide bonds. The van der Waals surface area contributed by atoms with Crippen LogP contribution in [0, 0.1) is 5.92 Å². The summed E-state index contributed by atoms with van der Waals surface area (Å²) >= 11 is 6.26. The summed E-state index contributed by atoms with van der Waals surface area (Å²) in [5, 5.41) is 8.28. The predicted octanol–water partition coefficient (Wildman–Crippen LogP) is 1.75. The van der Waals surface area contributed by atoms with E-state index in [9.17, 15) is 4.79 Å². The van der Waals surface area contributed by atoms with E-state index in [4.69, 9.17) is 11.6 Å². The maximum absolute atomic E-state index is 12.2. The van der Waals surface area contributed by atoms with Crippen LogP contribution < -0.4 is 5.32 Å². The number of Topliss-reactive ketones (excluding diaryl/α,β-unsaturated/α-hetero) is 1. The van der Waals surface area contributed by atoms with Gasteiger partial charge in [0.2, 0.25) is 0 Å². The van der Waals surface area contributed by atoms with Crippen molar-refractivity contribution in [3.05, 3.63) is 16.4 Å². The summed E-state index contributed by atoms with van der Waals surface area (Å²) < 4.78 is 1.75. The van der Waals surface area contributed by atoms with Gasteiger partial charge in [0.15, 0.2) is 0 Å². The Morgan fingerprint density at radius 1 is 1.61 bits per heavy atom. The molecule has 1 fully saturated rings. The summed E-state index contributed by atoms with van der Waals surface area (Å²) in [6, 6.07) is 0. The first kappa shape index (κ1) is 13.6. The van der Waals surface area contributed by atoms with Crippen molar-refractivity contribution in [3.63, 3.8) is 0 Å². The number of hydrogen-bond donors (Lipinski definition) is 1. The van der Waals surface area contributed by atoms with E-state index in [0.717, 1.165) is 43.7 Å². The van der Waals surface area contributed by atoms with Crippen molar-refractivity contribution >= 4 is 17.4 Å². The SMILES string of the molecule is CCc1nn(C)c(CC(=O)C2CCCNC2)c1Cl. The third-order valence-electron chi connectivity index (χ3n) is 3.60. The van der Waals surface area contributed by atoms with E-state index >= 15 is 0 Å². The first-order valence-electron chi connectivity index (χ1n) is 6.57. The van der Waals surface area contributed by atoms with Crippen LogP contribution in [0.15, 0.2) is 0 Å². The molecule has 1 N–H and O–H groups in total. The molecule has 0 aromatic carbocycles. The zero-order chi connectivity index (χ0) is 13.1. The largest absolute Gasteiger partial charge is 0.316 e. The lowest BCUT2D eigenvalue weighted by Gasteiger charge is -2.21. The molecule has 1 aromatic rings. The number of piperidine rings is 1. The van der Waals surface area contributed by atoms with Gasteiger partial charge in [-0.25, -0.2) is 0 Å². The molecular weight excluding hydrogens is 250 g/mol. The highest BCUT2D eigenvalue weighted by atomic mass is 35.5. The van der Waals surface area contributed by atoms with Gasteiger partial charge in [-0.15, -0.1) is 0 Å². The first-order chi connectivity index (χ1) is 8.63. The molecule has 5 heteroatoms. The number of nitrogens with one attached hydrogen (secondary N) is 1. The lowest BCUT2D eigenvalue weighted by atomic mass is 9.92. The molecule has 2 heterocycles. The number of halogens is 1. The highest BCUT2D eigenvalue weighted by molar-refractivity contribution is 6.32. The number of hydrogen-bond acceptors (Lipinski definition) is 3. The molecule has 2 rings (SSSR count). The van der Waals surface area contributed by atoms with Crippen molar-refractivity contribution in [3.8, 4) is 0 Å². The van der Waals surface area contributed by atoms with Crippen LogP contribution in [0.3, 0.4) is 0 Å². The van der Waals surface area contributed by atoms with Crippen molar-refractivity contribution in [1.29, 1.82) is 0 Å². The average molecular weight is 270 g/mol. The van der Waals surface area contributed by atoms with Gasteiger partial charge in [-0.2, -0.15) is 5.10 Å². The van der Waals surface area contributed by atoms with E-state index < -0.39 is 0 Å². The molecule has 0 spiro atoms. The summed E-state index contributed by atoms with van der Waals surface area (Å²) in [5.74, 6) is 0.407. The third-order valence-corrected chi connectivity index (χ3v) is 4.03. The van der Waals surface area contributed by atoms with Crippen LogP contribution in [0.4, 0.5) is 0 Å². The molecule has 4 nitrogen and oxygen atoms in total. The summed E-state index contributed by atoms with van der Waals surface area (Å²) in [6.45, 7) is 3.84. The first-order valence-corrected chi connectivity index (χ1v) is 6.95. The summed E-state index contributed by atoms with van der Waals surface area (Å²) in [7, 11) is 1.85. The van der Waals surface area contributed by atoms with Crippen LogP contribution in [0.2, 0.25) is 5.02 Å². The fraction of sp³-hybridized carbons (Fsp3) is 0.692. The highest BCUT2D eigenvalue weighted by Crippen LogP contribution is 2.23. The fourth-order valence-electron chi connectivity index (χ4n) is 2.45. The van der Waals surface area contributed by atoms with Gasteiger partial charge in [-0.1, -0.05) is 18.5 Å². The van der Waals surface area contributed by atoms with E-state index in [1.807, 2.05) is 14.0 Å². The van der Waals surface area contributed by atoms with Crippen LogP contribution >= 0.6 is 11.6 Å². The second-order valence-electron chi connectivity index (χ2n) is 4.87. The lowest BCUT2D eigenvalue weighted by Crippen LogP contribution is -2.35. The van der Waals surface area contributed by atoms with Crippen LogP contribution in [0.5, 0.6) is 0 Å². The number of carbonyl (C=O) groups excluding carboxylic acids is 1. The van der Waals surface area contributed by atoms with Crippen LogP contribution in [0.1, 0.15) is 31.2 Å².